The van der Waals surface area contributed by atoms with Crippen molar-refractivity contribution in [2.45, 2.75) is 69.7 Å². The summed E-state index contributed by atoms with van der Waals surface area (Å²) in [5.74, 6) is 2.78. The first-order valence-electron chi connectivity index (χ1n) is 12.1. The molecular weight excluding hydrogens is 436 g/mol. The van der Waals surface area contributed by atoms with E-state index in [1.807, 2.05) is 36.4 Å². The zero-order valence-electron chi connectivity index (χ0n) is 18.6. The summed E-state index contributed by atoms with van der Waals surface area (Å²) in [7, 11) is 0. The topological polar surface area (TPSA) is 49.4 Å². The molecule has 1 saturated heterocycles. The predicted octanol–water partition coefficient (Wildman–Crippen LogP) is 5.53. The van der Waals surface area contributed by atoms with Gasteiger partial charge < -0.3 is 5.32 Å². The van der Waals surface area contributed by atoms with E-state index in [1.165, 1.54) is 50.3 Å². The predicted molar refractivity (Wildman–Crippen MR) is 134 cm³/mol. The van der Waals surface area contributed by atoms with Crippen LogP contribution in [0.4, 0.5) is 0 Å². The molecule has 2 amide bonds. The van der Waals surface area contributed by atoms with Crippen LogP contribution in [0, 0.1) is 17.8 Å². The van der Waals surface area contributed by atoms with Crippen LogP contribution in [0.15, 0.2) is 35.2 Å². The fraction of sp³-hybridized carbons (Fsp3) is 0.577. The quantitative estimate of drug-likeness (QED) is 0.309. The van der Waals surface area contributed by atoms with E-state index in [0.717, 1.165) is 42.6 Å². The lowest BCUT2D eigenvalue weighted by atomic mass is 9.53. The highest BCUT2D eigenvalue weighted by Gasteiger charge is 2.51. The minimum atomic E-state index is 0.00316. The summed E-state index contributed by atoms with van der Waals surface area (Å²) < 4.78 is 0.636. The van der Waals surface area contributed by atoms with Crippen LogP contribution >= 0.6 is 24.0 Å². The van der Waals surface area contributed by atoms with Crippen LogP contribution in [0.3, 0.4) is 0 Å². The second-order valence-electron chi connectivity index (χ2n) is 10.3. The van der Waals surface area contributed by atoms with Gasteiger partial charge in [0.1, 0.15) is 4.32 Å². The second-order valence-corrected chi connectivity index (χ2v) is 12.0. The van der Waals surface area contributed by atoms with Gasteiger partial charge in [-0.05, 0) is 80.8 Å². The van der Waals surface area contributed by atoms with Gasteiger partial charge in [-0.3, -0.25) is 14.5 Å². The molecular formula is C26H32N2O2S2. The van der Waals surface area contributed by atoms with E-state index in [-0.39, 0.29) is 17.4 Å². The molecule has 0 atom stereocenters. The molecule has 6 rings (SSSR count). The molecule has 0 radical (unpaired) electrons. The van der Waals surface area contributed by atoms with Crippen molar-refractivity contribution in [2.24, 2.45) is 17.8 Å². The van der Waals surface area contributed by atoms with Crippen LogP contribution in [0.5, 0.6) is 0 Å². The van der Waals surface area contributed by atoms with Crippen molar-refractivity contribution in [2.75, 3.05) is 6.54 Å². The van der Waals surface area contributed by atoms with Gasteiger partial charge in [0.05, 0.1) is 4.91 Å². The third-order valence-corrected chi connectivity index (χ3v) is 9.08. The Morgan fingerprint density at radius 1 is 1.06 bits per heavy atom. The zero-order valence-corrected chi connectivity index (χ0v) is 20.2. The minimum absolute atomic E-state index is 0.00316. The monoisotopic (exact) mass is 468 g/mol. The maximum atomic E-state index is 12.7. The Morgan fingerprint density at radius 3 is 2.38 bits per heavy atom. The average molecular weight is 469 g/mol. The number of hydrogen-bond donors (Lipinski definition) is 1. The summed E-state index contributed by atoms with van der Waals surface area (Å²) in [4.78, 5) is 27.8. The van der Waals surface area contributed by atoms with E-state index in [0.29, 0.717) is 22.2 Å². The highest BCUT2D eigenvalue weighted by atomic mass is 32.2. The molecule has 4 saturated carbocycles. The lowest BCUT2D eigenvalue weighted by molar-refractivity contribution is -0.127. The minimum Gasteiger partial charge on any atom is -0.351 e. The Hall–Kier alpha value is -1.66. The normalized spacial score (nSPS) is 32.2. The van der Waals surface area contributed by atoms with Crippen molar-refractivity contribution in [3.05, 3.63) is 40.8 Å². The van der Waals surface area contributed by atoms with E-state index in [1.54, 1.807) is 4.90 Å². The third-order valence-electron chi connectivity index (χ3n) is 7.70. The zero-order chi connectivity index (χ0) is 22.1. The van der Waals surface area contributed by atoms with Gasteiger partial charge in [-0.15, -0.1) is 0 Å². The summed E-state index contributed by atoms with van der Waals surface area (Å²) in [6.07, 6.45) is 13.0. The smallest absolute Gasteiger partial charge is 0.266 e. The number of hydrogen-bond acceptors (Lipinski definition) is 4. The number of amides is 2. The molecule has 4 aliphatic carbocycles. The molecule has 32 heavy (non-hydrogen) atoms. The number of benzene rings is 1. The van der Waals surface area contributed by atoms with Crippen molar-refractivity contribution in [3.8, 4) is 0 Å². The van der Waals surface area contributed by atoms with Gasteiger partial charge in [-0.2, -0.15) is 0 Å². The molecule has 170 valence electrons. The largest absolute Gasteiger partial charge is 0.351 e. The lowest BCUT2D eigenvalue weighted by Gasteiger charge is -2.56. The second kappa shape index (κ2) is 9.30. The third kappa shape index (κ3) is 4.81. The van der Waals surface area contributed by atoms with E-state index in [2.05, 4.69) is 5.32 Å². The lowest BCUT2D eigenvalue weighted by Crippen LogP contribution is -2.59. The summed E-state index contributed by atoms with van der Waals surface area (Å²) in [6.45, 7) is 0.632. The number of unbranched alkanes of at least 4 members (excludes halogenated alkanes) is 2. The molecule has 0 spiro atoms. The number of carbonyl (C=O) groups is 2. The first kappa shape index (κ1) is 22.1. The molecule has 4 bridgehead atoms. The maximum absolute atomic E-state index is 12.7. The molecule has 1 N–H and O–H groups in total. The molecule has 4 nitrogen and oxygen atoms in total. The molecule has 1 aliphatic heterocycles. The van der Waals surface area contributed by atoms with Crippen LogP contribution in [0.2, 0.25) is 0 Å². The Morgan fingerprint density at radius 2 is 1.72 bits per heavy atom. The molecule has 0 unspecified atom stereocenters. The Labute approximate surface area is 200 Å². The van der Waals surface area contributed by atoms with Crippen molar-refractivity contribution in [3.63, 3.8) is 0 Å². The SMILES string of the molecule is O=C(CCCCCN1C(=O)C(=Cc2ccccc2)SC1=S)NC12CC3CC(CC(C3)C1)C2. The number of carbonyl (C=O) groups excluding carboxylic acids is 2. The Kier molecular flexibility index (Phi) is 6.44. The van der Waals surface area contributed by atoms with Gasteiger partial charge in [-0.25, -0.2) is 0 Å². The fourth-order valence-corrected chi connectivity index (χ4v) is 8.06. The summed E-state index contributed by atoms with van der Waals surface area (Å²) in [5.41, 5.74) is 1.12. The maximum Gasteiger partial charge on any atom is 0.266 e. The highest BCUT2D eigenvalue weighted by Crippen LogP contribution is 2.55. The van der Waals surface area contributed by atoms with Gasteiger partial charge >= 0.3 is 0 Å². The molecule has 5 fully saturated rings. The van der Waals surface area contributed by atoms with Crippen LogP contribution in [-0.2, 0) is 9.59 Å². The van der Waals surface area contributed by atoms with Gasteiger partial charge in [0.15, 0.2) is 0 Å². The van der Waals surface area contributed by atoms with E-state index >= 15 is 0 Å². The van der Waals surface area contributed by atoms with Crippen molar-refractivity contribution < 1.29 is 9.59 Å². The van der Waals surface area contributed by atoms with Crippen molar-refractivity contribution >= 4 is 46.2 Å². The van der Waals surface area contributed by atoms with Crippen LogP contribution < -0.4 is 5.32 Å². The number of thioether (sulfide) groups is 1. The molecule has 6 heteroatoms. The fourth-order valence-electron chi connectivity index (χ4n) is 6.75. The number of nitrogens with one attached hydrogen (secondary N) is 1. The summed E-state index contributed by atoms with van der Waals surface area (Å²) >= 11 is 6.82. The van der Waals surface area contributed by atoms with E-state index in [4.69, 9.17) is 12.2 Å². The van der Waals surface area contributed by atoms with Gasteiger partial charge in [0.25, 0.3) is 5.91 Å². The number of rotatable bonds is 8. The van der Waals surface area contributed by atoms with Gasteiger partial charge in [-0.1, -0.05) is 60.7 Å². The van der Waals surface area contributed by atoms with Crippen LogP contribution in [-0.4, -0.2) is 33.1 Å². The summed E-state index contributed by atoms with van der Waals surface area (Å²) in [5, 5.41) is 3.46. The summed E-state index contributed by atoms with van der Waals surface area (Å²) in [6, 6.07) is 9.87. The van der Waals surface area contributed by atoms with E-state index in [9.17, 15) is 9.59 Å². The molecule has 5 aliphatic rings. The van der Waals surface area contributed by atoms with Gasteiger partial charge in [0.2, 0.25) is 5.91 Å². The number of nitrogens with zero attached hydrogens (tertiary/aromatic N) is 1. The first-order chi connectivity index (χ1) is 15.5. The molecule has 1 aromatic carbocycles. The first-order valence-corrected chi connectivity index (χ1v) is 13.3. The van der Waals surface area contributed by atoms with Crippen molar-refractivity contribution in [1.82, 2.24) is 10.2 Å². The Bertz CT molecular complexity index is 892. The van der Waals surface area contributed by atoms with E-state index < -0.39 is 0 Å². The highest BCUT2D eigenvalue weighted by molar-refractivity contribution is 8.26. The van der Waals surface area contributed by atoms with Crippen LogP contribution in [0.1, 0.15) is 69.8 Å². The Balaban J connectivity index is 1.04. The molecule has 0 aromatic heterocycles. The van der Waals surface area contributed by atoms with Crippen molar-refractivity contribution in [1.29, 1.82) is 0 Å². The number of thiocarbonyl (C=S) groups is 1. The standard InChI is InChI=1S/C26H32N2O2S2/c29-23(27-26-15-19-11-20(16-26)13-21(12-19)17-26)9-5-2-6-10-28-24(30)22(32-25(28)31)14-18-7-3-1-4-8-18/h1,3-4,7-8,14,19-21H,2,5-6,9-13,15-17H2,(H,27,29). The van der Waals surface area contributed by atoms with Gasteiger partial charge in [0, 0.05) is 18.5 Å². The van der Waals surface area contributed by atoms with Crippen LogP contribution in [0.25, 0.3) is 6.08 Å². The average Bonchev–Trinajstić information content (AvgIpc) is 3.00. The molecule has 1 aromatic rings. The molecule has 1 heterocycles.